The lowest BCUT2D eigenvalue weighted by Gasteiger charge is -2.10. The third kappa shape index (κ3) is 3.25. The Labute approximate surface area is 111 Å². The minimum Gasteiger partial charge on any atom is -0.467 e. The zero-order valence-electron chi connectivity index (χ0n) is 10.3. The Balaban J connectivity index is 2.28. The molecule has 0 saturated carbocycles. The summed E-state index contributed by atoms with van der Waals surface area (Å²) >= 11 is 0. The molecule has 1 aromatic heterocycles. The minimum absolute atomic E-state index is 0.00586. The monoisotopic (exact) mass is 285 g/mol. The molecule has 0 aliphatic heterocycles. The molecule has 2 aromatic rings. The number of alkyl halides is 3. The molecule has 0 aliphatic carbocycles. The summed E-state index contributed by atoms with van der Waals surface area (Å²) in [4.78, 5) is 11.2. The van der Waals surface area contributed by atoms with Gasteiger partial charge in [0, 0.05) is 5.69 Å². The fourth-order valence-electron chi connectivity index (χ4n) is 1.42. The summed E-state index contributed by atoms with van der Waals surface area (Å²) in [5.74, 6) is -0.111. The number of benzene rings is 1. The van der Waals surface area contributed by atoms with E-state index in [0.29, 0.717) is 0 Å². The van der Waals surface area contributed by atoms with Crippen LogP contribution in [-0.4, -0.2) is 22.1 Å². The van der Waals surface area contributed by atoms with Gasteiger partial charge in [0.15, 0.2) is 0 Å². The number of halogens is 3. The highest BCUT2D eigenvalue weighted by molar-refractivity contribution is 5.55. The van der Waals surface area contributed by atoms with Crippen LogP contribution in [0.25, 0.3) is 0 Å². The van der Waals surface area contributed by atoms with E-state index < -0.39 is 11.7 Å². The number of aromatic nitrogens is 3. The summed E-state index contributed by atoms with van der Waals surface area (Å²) in [5.41, 5.74) is 4.82. The molecule has 0 aliphatic rings. The largest absolute Gasteiger partial charge is 0.467 e. The van der Waals surface area contributed by atoms with Gasteiger partial charge in [-0.25, -0.2) is 0 Å². The van der Waals surface area contributed by atoms with Crippen molar-refractivity contribution in [1.82, 2.24) is 15.0 Å². The predicted octanol–water partition coefficient (Wildman–Crippen LogP) is 2.22. The fourth-order valence-corrected chi connectivity index (χ4v) is 1.42. The molecular formula is C11H10F3N5O. The number of nitrogen functional groups attached to an aromatic ring is 1. The van der Waals surface area contributed by atoms with Crippen LogP contribution in [0.2, 0.25) is 0 Å². The molecule has 0 amide bonds. The van der Waals surface area contributed by atoms with E-state index in [1.165, 1.54) is 19.2 Å². The number of methoxy groups -OCH3 is 1. The van der Waals surface area contributed by atoms with E-state index in [4.69, 9.17) is 10.5 Å². The Morgan fingerprint density at radius 3 is 2.60 bits per heavy atom. The number of nitrogens with two attached hydrogens (primary N) is 1. The Hall–Kier alpha value is -2.58. The second-order valence-corrected chi connectivity index (χ2v) is 3.71. The Kier molecular flexibility index (Phi) is 3.59. The molecule has 9 heteroatoms. The molecule has 0 spiro atoms. The highest BCUT2D eigenvalue weighted by atomic mass is 19.4. The van der Waals surface area contributed by atoms with Gasteiger partial charge in [0.1, 0.15) is 0 Å². The van der Waals surface area contributed by atoms with Crippen molar-refractivity contribution in [2.45, 2.75) is 6.18 Å². The maximum atomic E-state index is 12.6. The molecule has 2 rings (SSSR count). The molecule has 0 radical (unpaired) electrons. The van der Waals surface area contributed by atoms with Gasteiger partial charge in [0.05, 0.1) is 12.7 Å². The van der Waals surface area contributed by atoms with Gasteiger partial charge in [-0.2, -0.15) is 28.1 Å². The van der Waals surface area contributed by atoms with E-state index in [1.54, 1.807) is 0 Å². The van der Waals surface area contributed by atoms with Crippen molar-refractivity contribution in [3.8, 4) is 6.01 Å². The van der Waals surface area contributed by atoms with Gasteiger partial charge in [-0.1, -0.05) is 6.07 Å². The van der Waals surface area contributed by atoms with Crippen molar-refractivity contribution in [1.29, 1.82) is 0 Å². The quantitative estimate of drug-likeness (QED) is 0.899. The van der Waals surface area contributed by atoms with Crippen LogP contribution >= 0.6 is 0 Å². The van der Waals surface area contributed by atoms with Gasteiger partial charge >= 0.3 is 12.2 Å². The van der Waals surface area contributed by atoms with Crippen molar-refractivity contribution in [3.05, 3.63) is 29.8 Å². The van der Waals surface area contributed by atoms with E-state index in [9.17, 15) is 13.2 Å². The third-order valence-corrected chi connectivity index (χ3v) is 2.26. The first-order chi connectivity index (χ1) is 9.38. The first-order valence-electron chi connectivity index (χ1n) is 5.38. The summed E-state index contributed by atoms with van der Waals surface area (Å²) in [5, 5.41) is 2.61. The molecule has 6 nitrogen and oxygen atoms in total. The highest BCUT2D eigenvalue weighted by Crippen LogP contribution is 2.31. The van der Waals surface area contributed by atoms with Crippen LogP contribution in [0.3, 0.4) is 0 Å². The molecule has 20 heavy (non-hydrogen) atoms. The summed E-state index contributed by atoms with van der Waals surface area (Å²) < 4.78 is 42.5. The number of nitrogens with zero attached hydrogens (tertiary/aromatic N) is 3. The van der Waals surface area contributed by atoms with E-state index in [0.717, 1.165) is 12.1 Å². The zero-order valence-corrected chi connectivity index (χ0v) is 10.3. The number of nitrogens with one attached hydrogen (secondary N) is 1. The lowest BCUT2D eigenvalue weighted by molar-refractivity contribution is -0.137. The molecular weight excluding hydrogens is 275 g/mol. The van der Waals surface area contributed by atoms with Crippen LogP contribution in [0.4, 0.5) is 30.8 Å². The van der Waals surface area contributed by atoms with E-state index >= 15 is 0 Å². The van der Waals surface area contributed by atoms with E-state index in [1.807, 2.05) is 0 Å². The maximum absolute atomic E-state index is 12.6. The highest BCUT2D eigenvalue weighted by Gasteiger charge is 2.30. The Bertz CT molecular complexity index is 617. The van der Waals surface area contributed by atoms with Crippen LogP contribution in [-0.2, 0) is 6.18 Å². The molecule has 0 atom stereocenters. The van der Waals surface area contributed by atoms with Gasteiger partial charge in [-0.3, -0.25) is 0 Å². The number of anilines is 3. The summed E-state index contributed by atoms with van der Waals surface area (Å²) in [6, 6.07) is 4.58. The fraction of sp³-hybridized carbons (Fsp3) is 0.182. The topological polar surface area (TPSA) is 86.0 Å². The average molecular weight is 285 g/mol. The van der Waals surface area contributed by atoms with E-state index in [2.05, 4.69) is 20.3 Å². The maximum Gasteiger partial charge on any atom is 0.416 e. The zero-order chi connectivity index (χ0) is 14.8. The van der Waals surface area contributed by atoms with Crippen LogP contribution in [0, 0.1) is 0 Å². The van der Waals surface area contributed by atoms with Gasteiger partial charge in [-0.15, -0.1) is 0 Å². The van der Waals surface area contributed by atoms with Crippen LogP contribution < -0.4 is 15.8 Å². The molecule has 106 valence electrons. The molecule has 0 bridgehead atoms. The smallest absolute Gasteiger partial charge is 0.416 e. The first-order valence-corrected chi connectivity index (χ1v) is 5.38. The normalized spacial score (nSPS) is 11.2. The molecule has 0 unspecified atom stereocenters. The lowest BCUT2D eigenvalue weighted by atomic mass is 10.2. The molecule has 1 heterocycles. The van der Waals surface area contributed by atoms with Crippen molar-refractivity contribution in [2.24, 2.45) is 0 Å². The molecule has 3 N–H and O–H groups in total. The van der Waals surface area contributed by atoms with Crippen LogP contribution in [0.5, 0.6) is 6.01 Å². The number of hydrogen-bond donors (Lipinski definition) is 2. The molecule has 0 saturated heterocycles. The number of ether oxygens (including phenoxy) is 1. The summed E-state index contributed by atoms with van der Waals surface area (Å²) in [6.07, 6.45) is -4.42. The van der Waals surface area contributed by atoms with Gasteiger partial charge < -0.3 is 15.8 Å². The summed E-state index contributed by atoms with van der Waals surface area (Å²) in [7, 11) is 1.34. The summed E-state index contributed by atoms with van der Waals surface area (Å²) in [6.45, 7) is 0. The second kappa shape index (κ2) is 5.19. The third-order valence-electron chi connectivity index (χ3n) is 2.26. The van der Waals surface area contributed by atoms with Crippen molar-refractivity contribution >= 4 is 17.6 Å². The average Bonchev–Trinajstić information content (AvgIpc) is 2.37. The van der Waals surface area contributed by atoms with E-state index in [-0.39, 0.29) is 23.6 Å². The van der Waals surface area contributed by atoms with Gasteiger partial charge in [-0.05, 0) is 18.2 Å². The predicted molar refractivity (Wildman–Crippen MR) is 65.5 cm³/mol. The number of hydrogen-bond acceptors (Lipinski definition) is 6. The second-order valence-electron chi connectivity index (χ2n) is 3.71. The van der Waals surface area contributed by atoms with Gasteiger partial charge in [0.25, 0.3) is 0 Å². The van der Waals surface area contributed by atoms with Crippen molar-refractivity contribution in [2.75, 3.05) is 18.2 Å². The SMILES string of the molecule is COc1nc(N)nc(Nc2cccc(C(F)(F)F)c2)n1. The van der Waals surface area contributed by atoms with Crippen LogP contribution in [0.15, 0.2) is 24.3 Å². The minimum atomic E-state index is -4.42. The van der Waals surface area contributed by atoms with Gasteiger partial charge in [0.2, 0.25) is 11.9 Å². The Morgan fingerprint density at radius 1 is 1.20 bits per heavy atom. The molecule has 0 fully saturated rings. The van der Waals surface area contributed by atoms with Crippen molar-refractivity contribution in [3.63, 3.8) is 0 Å². The van der Waals surface area contributed by atoms with Crippen molar-refractivity contribution < 1.29 is 17.9 Å². The standard InChI is InChI=1S/C11H10F3N5O/c1-20-10-18-8(15)17-9(19-10)16-7-4-2-3-6(5-7)11(12,13)14/h2-5H,1H3,(H3,15,16,17,18,19). The van der Waals surface area contributed by atoms with Crippen LogP contribution in [0.1, 0.15) is 5.56 Å². The Morgan fingerprint density at radius 2 is 1.95 bits per heavy atom. The number of rotatable bonds is 3. The molecule has 1 aromatic carbocycles. The first kappa shape index (κ1) is 13.8. The lowest BCUT2D eigenvalue weighted by Crippen LogP contribution is -2.07.